The monoisotopic (exact) mass is 368 g/mol. The standard InChI is InChI=1S/C19H16N2O4S/c1-2-24-11-7-8-14-16(9-11)26-19(20-14)21-17(22)10-15-12-5-3-4-6-13(12)18(23)25-15/h3-9,15H,2,10H2,1H3,(H,20,21,22)/t15-/m1/s1. The number of nitrogens with one attached hydrogen (secondary N) is 1. The molecule has 0 bridgehead atoms. The number of amides is 1. The Bertz CT molecular complexity index is 998. The number of nitrogens with zero attached hydrogens (tertiary/aromatic N) is 1. The molecule has 1 aromatic heterocycles. The van der Waals surface area contributed by atoms with E-state index in [9.17, 15) is 9.59 Å². The Morgan fingerprint density at radius 1 is 1.31 bits per heavy atom. The number of esters is 1. The topological polar surface area (TPSA) is 77.5 Å². The van der Waals surface area contributed by atoms with Crippen LogP contribution in [0.5, 0.6) is 5.75 Å². The summed E-state index contributed by atoms with van der Waals surface area (Å²) in [6, 6.07) is 12.7. The number of carbonyl (C=O) groups excluding carboxylic acids is 2. The molecule has 0 aliphatic carbocycles. The molecule has 1 amide bonds. The Labute approximate surface area is 153 Å². The average Bonchev–Trinajstić information content (AvgIpc) is 3.16. The van der Waals surface area contributed by atoms with Gasteiger partial charge in [-0.2, -0.15) is 0 Å². The highest BCUT2D eigenvalue weighted by Gasteiger charge is 2.32. The largest absolute Gasteiger partial charge is 0.494 e. The van der Waals surface area contributed by atoms with E-state index in [2.05, 4.69) is 10.3 Å². The van der Waals surface area contributed by atoms with Gasteiger partial charge in [-0.1, -0.05) is 29.5 Å². The Morgan fingerprint density at radius 2 is 2.15 bits per heavy atom. The Morgan fingerprint density at radius 3 is 3.00 bits per heavy atom. The summed E-state index contributed by atoms with van der Waals surface area (Å²) >= 11 is 1.38. The minimum Gasteiger partial charge on any atom is -0.494 e. The van der Waals surface area contributed by atoms with Crippen LogP contribution < -0.4 is 10.1 Å². The molecule has 2 heterocycles. The first-order valence-corrected chi connectivity index (χ1v) is 9.09. The number of anilines is 1. The van der Waals surface area contributed by atoms with Gasteiger partial charge in [0.05, 0.1) is 28.8 Å². The van der Waals surface area contributed by atoms with E-state index < -0.39 is 6.10 Å². The number of hydrogen-bond donors (Lipinski definition) is 1. The molecule has 1 aliphatic rings. The third kappa shape index (κ3) is 3.13. The summed E-state index contributed by atoms with van der Waals surface area (Å²) in [5.74, 6) is 0.140. The second-order valence-electron chi connectivity index (χ2n) is 5.82. The number of rotatable bonds is 5. The highest BCUT2D eigenvalue weighted by molar-refractivity contribution is 7.22. The van der Waals surface area contributed by atoms with Crippen molar-refractivity contribution in [2.45, 2.75) is 19.4 Å². The fraction of sp³-hybridized carbons (Fsp3) is 0.211. The van der Waals surface area contributed by atoms with E-state index in [4.69, 9.17) is 9.47 Å². The van der Waals surface area contributed by atoms with Crippen LogP contribution in [-0.2, 0) is 9.53 Å². The SMILES string of the molecule is CCOc1ccc2nc(NC(=O)C[C@H]3OC(=O)c4ccccc43)sc2c1. The fourth-order valence-corrected chi connectivity index (χ4v) is 3.84. The van der Waals surface area contributed by atoms with Gasteiger partial charge in [-0.05, 0) is 31.2 Å². The zero-order valence-electron chi connectivity index (χ0n) is 14.0. The van der Waals surface area contributed by atoms with Crippen LogP contribution in [0.15, 0.2) is 42.5 Å². The van der Waals surface area contributed by atoms with E-state index in [-0.39, 0.29) is 18.3 Å². The number of benzene rings is 2. The number of carbonyl (C=O) groups is 2. The van der Waals surface area contributed by atoms with Gasteiger partial charge in [0.15, 0.2) is 5.13 Å². The molecular formula is C19H16N2O4S. The van der Waals surface area contributed by atoms with Gasteiger partial charge in [-0.15, -0.1) is 0 Å². The zero-order valence-corrected chi connectivity index (χ0v) is 14.8. The summed E-state index contributed by atoms with van der Waals surface area (Å²) in [7, 11) is 0. The second kappa shape index (κ2) is 6.76. The molecule has 2 aromatic carbocycles. The van der Waals surface area contributed by atoms with Gasteiger partial charge in [0, 0.05) is 5.56 Å². The third-order valence-corrected chi connectivity index (χ3v) is 5.00. The third-order valence-electron chi connectivity index (χ3n) is 4.06. The van der Waals surface area contributed by atoms with Gasteiger partial charge in [-0.3, -0.25) is 4.79 Å². The molecule has 0 saturated heterocycles. The normalized spacial score (nSPS) is 15.6. The van der Waals surface area contributed by atoms with Crippen molar-refractivity contribution in [3.63, 3.8) is 0 Å². The molecule has 6 nitrogen and oxygen atoms in total. The molecule has 1 aliphatic heterocycles. The molecule has 26 heavy (non-hydrogen) atoms. The highest BCUT2D eigenvalue weighted by Crippen LogP contribution is 2.34. The van der Waals surface area contributed by atoms with E-state index >= 15 is 0 Å². The lowest BCUT2D eigenvalue weighted by Crippen LogP contribution is -2.15. The molecule has 0 unspecified atom stereocenters. The molecule has 7 heteroatoms. The first kappa shape index (κ1) is 16.5. The summed E-state index contributed by atoms with van der Waals surface area (Å²) in [5, 5.41) is 3.30. The Balaban J connectivity index is 1.47. The summed E-state index contributed by atoms with van der Waals surface area (Å²) in [5.41, 5.74) is 2.07. The lowest BCUT2D eigenvalue weighted by Gasteiger charge is -2.09. The van der Waals surface area contributed by atoms with E-state index in [0.29, 0.717) is 17.3 Å². The zero-order chi connectivity index (χ0) is 18.1. The van der Waals surface area contributed by atoms with Gasteiger partial charge in [-0.25, -0.2) is 9.78 Å². The predicted octanol–water partition coefficient (Wildman–Crippen LogP) is 3.94. The van der Waals surface area contributed by atoms with Crippen LogP contribution in [0.3, 0.4) is 0 Å². The maximum Gasteiger partial charge on any atom is 0.339 e. The van der Waals surface area contributed by atoms with Gasteiger partial charge in [0.2, 0.25) is 5.91 Å². The van der Waals surface area contributed by atoms with Gasteiger partial charge < -0.3 is 14.8 Å². The second-order valence-corrected chi connectivity index (χ2v) is 6.85. The van der Waals surface area contributed by atoms with Gasteiger partial charge in [0.25, 0.3) is 0 Å². The van der Waals surface area contributed by atoms with Crippen LogP contribution >= 0.6 is 11.3 Å². The Hall–Kier alpha value is -2.93. The maximum atomic E-state index is 12.4. The van der Waals surface area contributed by atoms with E-state index in [0.717, 1.165) is 21.5 Å². The first-order valence-electron chi connectivity index (χ1n) is 8.27. The number of thiazole rings is 1. The summed E-state index contributed by atoms with van der Waals surface area (Å²) in [6.45, 7) is 2.52. The molecule has 0 radical (unpaired) electrons. The molecule has 4 rings (SSSR count). The van der Waals surface area contributed by atoms with Crippen molar-refractivity contribution in [1.29, 1.82) is 0 Å². The van der Waals surface area contributed by atoms with Crippen molar-refractivity contribution in [2.24, 2.45) is 0 Å². The number of aromatic nitrogens is 1. The van der Waals surface area contributed by atoms with Gasteiger partial charge in [0.1, 0.15) is 11.9 Å². The van der Waals surface area contributed by atoms with E-state index in [1.54, 1.807) is 12.1 Å². The van der Waals surface area contributed by atoms with Crippen molar-refractivity contribution < 1.29 is 19.1 Å². The van der Waals surface area contributed by atoms with Crippen molar-refractivity contribution >= 4 is 38.6 Å². The first-order chi connectivity index (χ1) is 12.6. The molecule has 1 atom stereocenters. The van der Waals surface area contributed by atoms with Crippen LogP contribution in [0.4, 0.5) is 5.13 Å². The van der Waals surface area contributed by atoms with Crippen LogP contribution in [0.25, 0.3) is 10.2 Å². The average molecular weight is 368 g/mol. The smallest absolute Gasteiger partial charge is 0.339 e. The van der Waals surface area contributed by atoms with Crippen LogP contribution in [0, 0.1) is 0 Å². The number of fused-ring (bicyclic) bond motifs is 2. The van der Waals surface area contributed by atoms with Crippen molar-refractivity contribution in [1.82, 2.24) is 4.98 Å². The molecule has 0 saturated carbocycles. The van der Waals surface area contributed by atoms with Crippen LogP contribution in [-0.4, -0.2) is 23.5 Å². The lowest BCUT2D eigenvalue weighted by molar-refractivity contribution is -0.118. The molecule has 3 aromatic rings. The molecule has 132 valence electrons. The van der Waals surface area contributed by atoms with Gasteiger partial charge >= 0.3 is 5.97 Å². The summed E-state index contributed by atoms with van der Waals surface area (Å²) < 4.78 is 11.7. The fourth-order valence-electron chi connectivity index (χ4n) is 2.93. The number of hydrogen-bond acceptors (Lipinski definition) is 6. The van der Waals surface area contributed by atoms with Crippen molar-refractivity contribution in [2.75, 3.05) is 11.9 Å². The number of ether oxygens (including phenoxy) is 2. The van der Waals surface area contributed by atoms with Crippen molar-refractivity contribution in [3.8, 4) is 5.75 Å². The minimum atomic E-state index is -0.558. The van der Waals surface area contributed by atoms with Crippen LogP contribution in [0.1, 0.15) is 35.4 Å². The maximum absolute atomic E-state index is 12.4. The van der Waals surface area contributed by atoms with Crippen molar-refractivity contribution in [3.05, 3.63) is 53.6 Å². The molecule has 0 fully saturated rings. The minimum absolute atomic E-state index is 0.0584. The van der Waals surface area contributed by atoms with Crippen LogP contribution in [0.2, 0.25) is 0 Å². The molecule has 1 N–H and O–H groups in total. The van der Waals surface area contributed by atoms with E-state index in [1.807, 2.05) is 37.3 Å². The number of cyclic esters (lactones) is 1. The quantitative estimate of drug-likeness (QED) is 0.690. The molecular weight excluding hydrogens is 352 g/mol. The molecule has 0 spiro atoms. The summed E-state index contributed by atoms with van der Waals surface area (Å²) in [4.78, 5) is 28.6. The Kier molecular flexibility index (Phi) is 4.30. The highest BCUT2D eigenvalue weighted by atomic mass is 32.1. The lowest BCUT2D eigenvalue weighted by atomic mass is 10.0. The summed E-state index contributed by atoms with van der Waals surface area (Å²) in [6.07, 6.45) is -0.499. The van der Waals surface area contributed by atoms with E-state index in [1.165, 1.54) is 11.3 Å². The predicted molar refractivity (Wildman–Crippen MR) is 98.6 cm³/mol.